The highest BCUT2D eigenvalue weighted by Crippen LogP contribution is 2.48. The lowest BCUT2D eigenvalue weighted by Gasteiger charge is -2.35. The van der Waals surface area contributed by atoms with Crippen LogP contribution in [-0.4, -0.2) is 47.2 Å². The van der Waals surface area contributed by atoms with E-state index >= 15 is 0 Å². The van der Waals surface area contributed by atoms with E-state index in [4.69, 9.17) is 20.4 Å². The molecule has 50 heavy (non-hydrogen) atoms. The smallest absolute Gasteiger partial charge is 0.167 e. The monoisotopic (exact) mass is 673 g/mol. The van der Waals surface area contributed by atoms with E-state index < -0.39 is 0 Å². The van der Waals surface area contributed by atoms with Gasteiger partial charge in [0.15, 0.2) is 11.5 Å². The molecular weight excluding hydrogens is 622 g/mol. The average molecular weight is 674 g/mol. The highest BCUT2D eigenvalue weighted by Gasteiger charge is 2.33. The molecule has 0 atom stereocenters. The van der Waals surface area contributed by atoms with Crippen molar-refractivity contribution in [2.24, 2.45) is 10.8 Å². The van der Waals surface area contributed by atoms with E-state index in [-0.39, 0.29) is 33.2 Å². The standard InChI is InChI=1S/C41H51N7O2/c1-38(2,3)24-40(7,8)26-20-32(36(49)34(22-26)47-42-28-16-12-13-17-29(28)43-47)46(11)33-21-27(41(9,10)25-39(4,5)6)23-35(37(33)50)48-44-30-18-14-15-19-31(30)45-48/h12-23,49-50H,24-25H2,1-11H3. The van der Waals surface area contributed by atoms with Gasteiger partial charge in [-0.05, 0) is 94.2 Å². The van der Waals surface area contributed by atoms with Gasteiger partial charge in [0.05, 0.1) is 11.4 Å². The first kappa shape index (κ1) is 34.9. The zero-order chi connectivity index (χ0) is 36.4. The molecule has 2 aromatic heterocycles. The van der Waals surface area contributed by atoms with Crippen molar-refractivity contribution < 1.29 is 10.2 Å². The van der Waals surface area contributed by atoms with Crippen molar-refractivity contribution in [2.75, 3.05) is 11.9 Å². The maximum atomic E-state index is 12.1. The maximum Gasteiger partial charge on any atom is 0.167 e. The third kappa shape index (κ3) is 6.91. The van der Waals surface area contributed by atoms with Crippen LogP contribution in [0.25, 0.3) is 33.4 Å². The van der Waals surface area contributed by atoms with E-state index in [0.29, 0.717) is 22.7 Å². The molecule has 0 bridgehead atoms. The van der Waals surface area contributed by atoms with Crippen molar-refractivity contribution >= 4 is 33.4 Å². The second-order valence-corrected chi connectivity index (χ2v) is 17.5. The van der Waals surface area contributed by atoms with Crippen molar-refractivity contribution in [2.45, 2.75) is 92.9 Å². The number of anilines is 2. The minimum atomic E-state index is -0.272. The molecule has 0 aliphatic heterocycles. The van der Waals surface area contributed by atoms with Crippen LogP contribution in [0.4, 0.5) is 11.4 Å². The van der Waals surface area contributed by atoms with Gasteiger partial charge in [-0.15, -0.1) is 30.0 Å². The summed E-state index contributed by atoms with van der Waals surface area (Å²) < 4.78 is 0. The fraction of sp³-hybridized carbons (Fsp3) is 0.415. The van der Waals surface area contributed by atoms with Crippen LogP contribution in [0.3, 0.4) is 0 Å². The number of hydrogen-bond acceptors (Lipinski definition) is 7. The van der Waals surface area contributed by atoms with Gasteiger partial charge >= 0.3 is 0 Å². The fourth-order valence-corrected chi connectivity index (χ4v) is 7.73. The van der Waals surface area contributed by atoms with E-state index in [9.17, 15) is 10.2 Å². The molecule has 0 unspecified atom stereocenters. The van der Waals surface area contributed by atoms with Gasteiger partial charge in [0.25, 0.3) is 0 Å². The number of fused-ring (bicyclic) bond motifs is 2. The number of rotatable bonds is 8. The normalized spacial score (nSPS) is 13.0. The summed E-state index contributed by atoms with van der Waals surface area (Å²) in [7, 11) is 1.87. The highest BCUT2D eigenvalue weighted by atomic mass is 16.3. The Morgan fingerprint density at radius 1 is 0.520 bits per heavy atom. The topological polar surface area (TPSA) is 105 Å². The molecule has 0 radical (unpaired) electrons. The van der Waals surface area contributed by atoms with E-state index in [0.717, 1.165) is 46.0 Å². The molecular formula is C41H51N7O2. The summed E-state index contributed by atoms with van der Waals surface area (Å²) in [4.78, 5) is 4.89. The number of hydrogen-bond donors (Lipinski definition) is 2. The van der Waals surface area contributed by atoms with Gasteiger partial charge in [0.1, 0.15) is 33.4 Å². The second kappa shape index (κ2) is 12.1. The number of phenolic OH excluding ortho intramolecular Hbond substituents is 2. The number of aromatic nitrogens is 6. The first-order valence-electron chi connectivity index (χ1n) is 17.4. The van der Waals surface area contributed by atoms with Crippen molar-refractivity contribution in [3.05, 3.63) is 83.9 Å². The van der Waals surface area contributed by atoms with Crippen LogP contribution in [-0.2, 0) is 10.8 Å². The SMILES string of the molecule is CN(c1cc(C(C)(C)CC(C)(C)C)cc(-n2nc3ccccc3n2)c1O)c1cc(C(C)(C)CC(C)(C)C)cc(-n2nc3ccccc3n2)c1O. The van der Waals surface area contributed by atoms with E-state index in [1.807, 2.05) is 84.7 Å². The summed E-state index contributed by atoms with van der Waals surface area (Å²) in [5, 5.41) is 43.2. The summed E-state index contributed by atoms with van der Waals surface area (Å²) in [5.74, 6) is 0.0118. The van der Waals surface area contributed by atoms with Gasteiger partial charge in [-0.1, -0.05) is 93.5 Å². The molecule has 6 rings (SSSR count). The Morgan fingerprint density at radius 2 is 0.820 bits per heavy atom. The Balaban J connectivity index is 1.59. The third-order valence-electron chi connectivity index (χ3n) is 9.37. The van der Waals surface area contributed by atoms with Crippen LogP contribution < -0.4 is 4.90 Å². The second-order valence-electron chi connectivity index (χ2n) is 17.5. The molecule has 0 saturated carbocycles. The zero-order valence-electron chi connectivity index (χ0n) is 31.4. The van der Waals surface area contributed by atoms with Gasteiger partial charge in [-0.2, -0.15) is 0 Å². The Hall–Kier alpha value is -4.92. The van der Waals surface area contributed by atoms with Crippen molar-refractivity contribution in [3.8, 4) is 22.9 Å². The molecule has 6 aromatic rings. The average Bonchev–Trinajstić information content (AvgIpc) is 3.63. The largest absolute Gasteiger partial charge is 0.504 e. The summed E-state index contributed by atoms with van der Waals surface area (Å²) in [6.07, 6.45) is 1.79. The van der Waals surface area contributed by atoms with Gasteiger partial charge in [0.2, 0.25) is 0 Å². The number of phenols is 2. The molecule has 9 heteroatoms. The van der Waals surface area contributed by atoms with Crippen molar-refractivity contribution in [1.29, 1.82) is 0 Å². The number of nitrogens with zero attached hydrogens (tertiary/aromatic N) is 7. The van der Waals surface area contributed by atoms with Crippen LogP contribution in [0, 0.1) is 10.8 Å². The Morgan fingerprint density at radius 3 is 1.10 bits per heavy atom. The summed E-state index contributed by atoms with van der Waals surface area (Å²) >= 11 is 0. The summed E-state index contributed by atoms with van der Waals surface area (Å²) in [6.45, 7) is 22.3. The molecule has 4 aromatic carbocycles. The van der Waals surface area contributed by atoms with Crippen LogP contribution >= 0.6 is 0 Å². The first-order valence-corrected chi connectivity index (χ1v) is 17.4. The molecule has 0 saturated heterocycles. The summed E-state index contributed by atoms with van der Waals surface area (Å²) in [6, 6.07) is 23.4. The molecule has 0 fully saturated rings. The zero-order valence-corrected chi connectivity index (χ0v) is 31.4. The van der Waals surface area contributed by atoms with E-state index in [1.165, 1.54) is 9.59 Å². The molecule has 0 aliphatic rings. The lowest BCUT2D eigenvalue weighted by molar-refractivity contribution is 0.283. The minimum absolute atomic E-state index is 0.00590. The molecule has 0 spiro atoms. The Kier molecular flexibility index (Phi) is 8.48. The quantitative estimate of drug-likeness (QED) is 0.166. The van der Waals surface area contributed by atoms with Crippen LogP contribution in [0.2, 0.25) is 0 Å². The van der Waals surface area contributed by atoms with E-state index in [2.05, 4.69) is 69.2 Å². The van der Waals surface area contributed by atoms with Crippen molar-refractivity contribution in [3.63, 3.8) is 0 Å². The lowest BCUT2D eigenvalue weighted by atomic mass is 9.72. The highest BCUT2D eigenvalue weighted by molar-refractivity contribution is 5.81. The predicted octanol–water partition coefficient (Wildman–Crippen LogP) is 9.76. The lowest BCUT2D eigenvalue weighted by Crippen LogP contribution is -2.26. The van der Waals surface area contributed by atoms with Crippen molar-refractivity contribution in [1.82, 2.24) is 30.0 Å². The molecule has 2 N–H and O–H groups in total. The maximum absolute atomic E-state index is 12.1. The molecule has 2 heterocycles. The van der Waals surface area contributed by atoms with Gasteiger partial charge in [-0.25, -0.2) is 0 Å². The Bertz CT molecular complexity index is 1970. The molecule has 9 nitrogen and oxygen atoms in total. The fourth-order valence-electron chi connectivity index (χ4n) is 7.73. The first-order chi connectivity index (χ1) is 23.2. The Labute approximate surface area is 295 Å². The van der Waals surface area contributed by atoms with Crippen LogP contribution in [0.15, 0.2) is 72.8 Å². The molecule has 0 amide bonds. The minimum Gasteiger partial charge on any atom is -0.504 e. The molecule has 262 valence electrons. The van der Waals surface area contributed by atoms with Gasteiger partial charge in [-0.3, -0.25) is 0 Å². The molecule has 0 aliphatic carbocycles. The van der Waals surface area contributed by atoms with Crippen LogP contribution in [0.1, 0.15) is 93.2 Å². The van der Waals surface area contributed by atoms with Gasteiger partial charge < -0.3 is 15.1 Å². The van der Waals surface area contributed by atoms with Gasteiger partial charge in [0, 0.05) is 7.05 Å². The van der Waals surface area contributed by atoms with Crippen LogP contribution in [0.5, 0.6) is 11.5 Å². The number of benzene rings is 4. The summed E-state index contributed by atoms with van der Waals surface area (Å²) in [5.41, 5.74) is 6.49. The number of aromatic hydroxyl groups is 2. The predicted molar refractivity (Wildman–Crippen MR) is 203 cm³/mol. The third-order valence-corrected chi connectivity index (χ3v) is 9.37. The van der Waals surface area contributed by atoms with E-state index in [1.54, 1.807) is 0 Å².